The molecule has 0 saturated heterocycles. The summed E-state index contributed by atoms with van der Waals surface area (Å²) in [5.74, 6) is -2.44. The molecule has 0 aliphatic rings. The van der Waals surface area contributed by atoms with Crippen LogP contribution in [0.25, 0.3) is 30.6 Å². The van der Waals surface area contributed by atoms with E-state index in [2.05, 4.69) is 30.6 Å². The van der Waals surface area contributed by atoms with E-state index in [1.165, 1.54) is 52.4 Å². The molecule has 0 saturated carbocycles. The number of hydrogen-bond acceptors (Lipinski definition) is 19. The molecule has 1 atom stereocenters. The van der Waals surface area contributed by atoms with Gasteiger partial charge < -0.3 is 16.0 Å². The summed E-state index contributed by atoms with van der Waals surface area (Å²) >= 11 is 5.65. The summed E-state index contributed by atoms with van der Waals surface area (Å²) in [5, 5.41) is 30.8. The fraction of sp³-hybridized carbons (Fsp3) is 0.0286. The molecular weight excluding hydrogens is 1030 g/mol. The van der Waals surface area contributed by atoms with E-state index in [-0.39, 0.29) is 44.8 Å². The lowest BCUT2D eigenvalue weighted by atomic mass is 10.3. The van der Waals surface area contributed by atoms with Crippen LogP contribution in [0.3, 0.4) is 0 Å². The standard InChI is InChI=1S/C7H3ClFNO2S2.C7H3FN2O2S.C7H5FN2S.C7H4FNS.C6H5FN2O2.CH4.ClHO3S/c8-14(11,12)5-2-1-4(9)7-6(5)10-3-13-7;8-5-2-1-3-6(10(11)12)7(5)13-4-9;8-4-2-1-3-5-6(4)11-7(9)10-5;8-5-2-1-3-6-7(5)10-4-9-6;7-4-2-1-3-5(6(4)8)9(10)11;;1-4-5(2)3/h1-3H;1-3H;1-3H,(H2,9,10);1-4H;1-3H,8H2;1H4;(H,2,3)/p-1. The molecule has 0 bridgehead atoms. The van der Waals surface area contributed by atoms with Crippen LogP contribution in [-0.4, -0.2) is 42.0 Å². The maximum atomic E-state index is 13.1. The molecule has 30 heteroatoms. The number of benzene rings is 5. The first-order valence-electron chi connectivity index (χ1n) is 16.0. The second-order valence-corrected chi connectivity index (χ2v) is 17.8. The Bertz CT molecular complexity index is 3090. The molecule has 3 aromatic heterocycles. The van der Waals surface area contributed by atoms with Crippen LogP contribution < -0.4 is 11.5 Å². The number of rotatable bonds is 5. The summed E-state index contributed by atoms with van der Waals surface area (Å²) in [4.78, 5) is 30.3. The van der Waals surface area contributed by atoms with Crippen LogP contribution in [0.15, 0.2) is 106 Å². The molecule has 344 valence electrons. The Morgan fingerprint density at radius 3 is 1.77 bits per heavy atom. The first-order valence-corrected chi connectivity index (χ1v) is 23.0. The molecule has 4 N–H and O–H groups in total. The van der Waals surface area contributed by atoms with Crippen molar-refractivity contribution < 1.29 is 52.7 Å². The average molecular weight is 1060 g/mol. The van der Waals surface area contributed by atoms with E-state index in [0.717, 1.165) is 53.3 Å². The third-order valence-corrected chi connectivity index (χ3v) is 12.0. The van der Waals surface area contributed by atoms with E-state index < -0.39 is 59.1 Å². The van der Waals surface area contributed by atoms with Gasteiger partial charge in [0.2, 0.25) is 0 Å². The number of nitro benzene ring substituents is 2. The van der Waals surface area contributed by atoms with Crippen LogP contribution in [-0.2, 0) is 24.1 Å². The minimum atomic E-state index is -3.87. The van der Waals surface area contributed by atoms with E-state index in [4.69, 9.17) is 36.2 Å². The summed E-state index contributed by atoms with van der Waals surface area (Å²) < 4.78 is 109. The highest BCUT2D eigenvalue weighted by molar-refractivity contribution is 8.14. The fourth-order valence-electron chi connectivity index (χ4n) is 4.35. The molecule has 17 nitrogen and oxygen atoms in total. The molecular formula is C35H24Cl2F5N8O9S6-. The summed E-state index contributed by atoms with van der Waals surface area (Å²) in [6.45, 7) is 0. The highest BCUT2D eigenvalue weighted by Crippen LogP contribution is 2.31. The van der Waals surface area contributed by atoms with Crippen LogP contribution >= 0.6 is 68.3 Å². The molecule has 0 aliphatic carbocycles. The van der Waals surface area contributed by atoms with Crippen LogP contribution in [0.5, 0.6) is 0 Å². The number of anilines is 2. The predicted molar refractivity (Wildman–Crippen MR) is 241 cm³/mol. The van der Waals surface area contributed by atoms with Gasteiger partial charge in [0.05, 0.1) is 57.9 Å². The molecule has 0 spiro atoms. The number of nitrogens with zero attached hydrogens (tertiary/aromatic N) is 6. The molecule has 8 aromatic rings. The van der Waals surface area contributed by atoms with E-state index in [0.29, 0.717) is 31.8 Å². The maximum absolute atomic E-state index is 13.1. The first kappa shape index (κ1) is 55.4. The van der Waals surface area contributed by atoms with Gasteiger partial charge in [-0.1, -0.05) is 43.0 Å². The Morgan fingerprint density at radius 2 is 1.25 bits per heavy atom. The van der Waals surface area contributed by atoms with Crippen molar-refractivity contribution in [1.82, 2.24) is 15.0 Å². The van der Waals surface area contributed by atoms with Crippen molar-refractivity contribution >= 4 is 142 Å². The average Bonchev–Trinajstić information content (AvgIpc) is 4.02. The van der Waals surface area contributed by atoms with Gasteiger partial charge in [0, 0.05) is 34.6 Å². The molecule has 8 rings (SSSR count). The Morgan fingerprint density at radius 1 is 0.754 bits per heavy atom. The van der Waals surface area contributed by atoms with Crippen molar-refractivity contribution in [3.05, 3.63) is 145 Å². The number of nitrogens with two attached hydrogens (primary N) is 2. The van der Waals surface area contributed by atoms with Crippen LogP contribution in [0.1, 0.15) is 7.43 Å². The number of thiocyanates is 1. The van der Waals surface area contributed by atoms with E-state index in [9.17, 15) is 50.6 Å². The maximum Gasteiger partial charge on any atom is 0.295 e. The van der Waals surface area contributed by atoms with Crippen LogP contribution in [0.4, 0.5) is 44.1 Å². The van der Waals surface area contributed by atoms with Crippen molar-refractivity contribution in [1.29, 1.82) is 5.26 Å². The van der Waals surface area contributed by atoms with Gasteiger partial charge in [-0.15, -0.1) is 22.7 Å². The zero-order chi connectivity index (χ0) is 47.7. The van der Waals surface area contributed by atoms with Crippen molar-refractivity contribution in [2.24, 2.45) is 0 Å². The molecule has 0 aliphatic heterocycles. The minimum Gasteiger partial charge on any atom is -0.749 e. The molecule has 3 heterocycles. The monoisotopic (exact) mass is 1060 g/mol. The SMILES string of the molecule is C.Fc1cccc2ncsc12.N#CSc1c(F)cccc1[N+](=O)[O-].Nc1c(F)cccc1[N+](=O)[O-].Nc1nc2cccc(F)c2s1.O=S(=O)(Cl)c1ccc(F)c2scnc12.O=S([O-])OCl. The van der Waals surface area contributed by atoms with E-state index >= 15 is 0 Å². The summed E-state index contributed by atoms with van der Waals surface area (Å²) in [6, 6.07) is 18.8. The number of halogens is 7. The van der Waals surface area contributed by atoms with Gasteiger partial charge in [0.1, 0.15) is 61.0 Å². The highest BCUT2D eigenvalue weighted by atomic mass is 35.7. The second kappa shape index (κ2) is 26.3. The van der Waals surface area contributed by atoms with Gasteiger partial charge in [-0.2, -0.15) is 9.00 Å². The van der Waals surface area contributed by atoms with Gasteiger partial charge in [-0.25, -0.2) is 49.5 Å². The molecule has 5 aromatic carbocycles. The molecule has 65 heavy (non-hydrogen) atoms. The number of aromatic nitrogens is 3. The summed E-state index contributed by atoms with van der Waals surface area (Å²) in [7, 11) is 1.29. The summed E-state index contributed by atoms with van der Waals surface area (Å²) in [6.07, 6.45) is 0. The number of thiazole rings is 3. The number of fused-ring (bicyclic) bond motifs is 3. The van der Waals surface area contributed by atoms with Gasteiger partial charge in [0.15, 0.2) is 10.9 Å². The highest BCUT2D eigenvalue weighted by Gasteiger charge is 2.19. The van der Waals surface area contributed by atoms with Crippen molar-refractivity contribution in [2.45, 2.75) is 17.2 Å². The van der Waals surface area contributed by atoms with Crippen LogP contribution in [0, 0.1) is 60.0 Å². The Labute approximate surface area is 391 Å². The van der Waals surface area contributed by atoms with Gasteiger partial charge in [-0.3, -0.25) is 20.2 Å². The lowest BCUT2D eigenvalue weighted by Gasteiger charge is -1.97. The van der Waals surface area contributed by atoms with E-state index in [1.54, 1.807) is 35.2 Å². The normalized spacial score (nSPS) is 10.6. The largest absolute Gasteiger partial charge is 0.749 e. The van der Waals surface area contributed by atoms with Gasteiger partial charge in [-0.05, 0) is 48.5 Å². The number of thioether (sulfide) groups is 1. The molecule has 0 fully saturated rings. The third kappa shape index (κ3) is 16.3. The number of hydrogen-bond donors (Lipinski definition) is 2. The molecule has 0 radical (unpaired) electrons. The van der Waals surface area contributed by atoms with Gasteiger partial charge in [0.25, 0.3) is 20.4 Å². The third-order valence-electron chi connectivity index (χ3n) is 6.92. The molecule has 0 amide bonds. The zero-order valence-electron chi connectivity index (χ0n) is 30.8. The number of nitriles is 1. The van der Waals surface area contributed by atoms with Gasteiger partial charge >= 0.3 is 0 Å². The fourth-order valence-corrected chi connectivity index (χ4v) is 8.06. The predicted octanol–water partition coefficient (Wildman–Crippen LogP) is 11.0. The van der Waals surface area contributed by atoms with Crippen molar-refractivity contribution in [3.63, 3.8) is 0 Å². The lowest BCUT2D eigenvalue weighted by molar-refractivity contribution is -0.388. The quantitative estimate of drug-likeness (QED) is 0.0237. The topological polar surface area (TPSA) is 284 Å². The second-order valence-electron chi connectivity index (χ2n) is 10.8. The molecule has 1 unspecified atom stereocenters. The first-order chi connectivity index (χ1) is 30.2. The lowest BCUT2D eigenvalue weighted by Crippen LogP contribution is -1.97. The smallest absolute Gasteiger partial charge is 0.295 e. The van der Waals surface area contributed by atoms with Crippen molar-refractivity contribution in [3.8, 4) is 5.40 Å². The zero-order valence-corrected chi connectivity index (χ0v) is 37.3. The number of para-hydroxylation sites is 1. The Kier molecular flexibility index (Phi) is 22.4. The number of nitro groups is 2. The van der Waals surface area contributed by atoms with Crippen LogP contribution in [0.2, 0.25) is 0 Å². The van der Waals surface area contributed by atoms with Crippen molar-refractivity contribution in [2.75, 3.05) is 11.5 Å². The van der Waals surface area contributed by atoms with E-state index in [1.807, 2.05) is 0 Å². The minimum absolute atomic E-state index is 0. The Hall–Kier alpha value is -5.74. The Balaban J connectivity index is 0.000000272. The number of nitrogen functional groups attached to an aromatic ring is 2. The summed E-state index contributed by atoms with van der Waals surface area (Å²) in [5.41, 5.74) is 13.7.